The van der Waals surface area contributed by atoms with Crippen LogP contribution in [0.3, 0.4) is 0 Å². The van der Waals surface area contributed by atoms with Crippen LogP contribution in [0.1, 0.15) is 55.9 Å². The van der Waals surface area contributed by atoms with E-state index in [2.05, 4.69) is 10.6 Å². The van der Waals surface area contributed by atoms with Crippen molar-refractivity contribution in [1.29, 1.82) is 0 Å². The van der Waals surface area contributed by atoms with Gasteiger partial charge in [0.2, 0.25) is 5.91 Å². The van der Waals surface area contributed by atoms with Gasteiger partial charge in [0.05, 0.1) is 11.4 Å². The molecule has 1 amide bonds. The Morgan fingerprint density at radius 1 is 1.27 bits per heavy atom. The fraction of sp³-hybridized carbons (Fsp3) is 0.667. The third kappa shape index (κ3) is 4.22. The maximum Gasteiger partial charge on any atom is 0.547 e. The molecule has 9 heteroatoms. The lowest BCUT2D eigenvalue weighted by Crippen LogP contribution is -2.55. The lowest BCUT2D eigenvalue weighted by molar-refractivity contribution is -0.129. The maximum atomic E-state index is 13.2. The zero-order valence-corrected chi connectivity index (χ0v) is 17.2. The molecule has 164 valence electrons. The zero-order valence-electron chi connectivity index (χ0n) is 17.2. The van der Waals surface area contributed by atoms with Gasteiger partial charge in [-0.1, -0.05) is 18.2 Å². The first-order chi connectivity index (χ1) is 14.4. The number of fused-ring (bicyclic) bond motifs is 1. The van der Waals surface area contributed by atoms with E-state index in [9.17, 15) is 20.0 Å². The molecular weight excluding hydrogens is 385 g/mol. The van der Waals surface area contributed by atoms with Crippen molar-refractivity contribution in [3.05, 3.63) is 29.3 Å². The van der Waals surface area contributed by atoms with Gasteiger partial charge in [0.15, 0.2) is 6.29 Å². The zero-order chi connectivity index (χ0) is 21.3. The van der Waals surface area contributed by atoms with Crippen molar-refractivity contribution in [3.63, 3.8) is 0 Å². The third-order valence-corrected chi connectivity index (χ3v) is 7.07. The van der Waals surface area contributed by atoms with E-state index in [4.69, 9.17) is 10.4 Å². The van der Waals surface area contributed by atoms with Gasteiger partial charge in [-0.3, -0.25) is 4.79 Å². The van der Waals surface area contributed by atoms with E-state index < -0.39 is 19.3 Å². The summed E-state index contributed by atoms with van der Waals surface area (Å²) >= 11 is 0. The number of rotatable bonds is 7. The fourth-order valence-electron chi connectivity index (χ4n) is 5.18. The maximum absolute atomic E-state index is 13.2. The summed E-state index contributed by atoms with van der Waals surface area (Å²) in [6.07, 6.45) is 4.68. The molecule has 1 aliphatic heterocycles. The largest absolute Gasteiger partial charge is 0.547 e. The van der Waals surface area contributed by atoms with Crippen LogP contribution in [0.4, 0.5) is 0 Å². The van der Waals surface area contributed by atoms with Gasteiger partial charge in [0, 0.05) is 24.7 Å². The van der Waals surface area contributed by atoms with Crippen molar-refractivity contribution < 1.29 is 24.7 Å². The van der Waals surface area contributed by atoms with Crippen molar-refractivity contribution in [2.75, 3.05) is 13.1 Å². The molecule has 2 aliphatic carbocycles. The van der Waals surface area contributed by atoms with Crippen molar-refractivity contribution in [3.8, 4) is 5.75 Å². The van der Waals surface area contributed by atoms with Crippen molar-refractivity contribution in [1.82, 2.24) is 10.6 Å². The van der Waals surface area contributed by atoms with E-state index in [1.807, 2.05) is 6.07 Å². The number of aliphatic hydroxyl groups excluding tert-OH is 1. The first-order valence-corrected chi connectivity index (χ1v) is 11.0. The Hall–Kier alpha value is -1.65. The monoisotopic (exact) mass is 417 g/mol. The summed E-state index contributed by atoms with van der Waals surface area (Å²) in [5, 5.41) is 36.0. The average molecular weight is 417 g/mol. The molecule has 2 saturated carbocycles. The molecule has 0 radical (unpaired) electrons. The van der Waals surface area contributed by atoms with E-state index in [-0.39, 0.29) is 22.6 Å². The van der Waals surface area contributed by atoms with Crippen LogP contribution in [0.15, 0.2) is 18.2 Å². The van der Waals surface area contributed by atoms with Crippen LogP contribution < -0.4 is 21.0 Å². The second-order valence-electron chi connectivity index (χ2n) is 8.95. The minimum Gasteiger partial charge on any atom is -0.534 e. The number of amides is 1. The lowest BCUT2D eigenvalue weighted by Gasteiger charge is -2.35. The summed E-state index contributed by atoms with van der Waals surface area (Å²) in [6, 6.07) is 5.57. The van der Waals surface area contributed by atoms with Crippen LogP contribution in [-0.4, -0.2) is 53.3 Å². The van der Waals surface area contributed by atoms with Gasteiger partial charge in [-0.15, -0.1) is 0 Å². The Morgan fingerprint density at radius 3 is 2.63 bits per heavy atom. The normalized spacial score (nSPS) is 27.4. The van der Waals surface area contributed by atoms with Crippen molar-refractivity contribution in [2.45, 2.75) is 63.2 Å². The first-order valence-electron chi connectivity index (χ1n) is 11.0. The molecule has 1 atom stereocenters. The average Bonchev–Trinajstić information content (AvgIpc) is 3.55. The molecule has 30 heavy (non-hydrogen) atoms. The van der Waals surface area contributed by atoms with Crippen molar-refractivity contribution in [2.24, 2.45) is 17.1 Å². The molecule has 2 fully saturated rings. The minimum atomic E-state index is -1.68. The molecule has 8 nitrogen and oxygen atoms in total. The summed E-state index contributed by atoms with van der Waals surface area (Å²) in [5.74, 6) is 0.111. The van der Waals surface area contributed by atoms with Crippen LogP contribution in [0, 0.1) is 11.3 Å². The third-order valence-electron chi connectivity index (χ3n) is 7.07. The summed E-state index contributed by atoms with van der Waals surface area (Å²) in [7, 11) is -1.23. The van der Waals surface area contributed by atoms with E-state index in [0.29, 0.717) is 24.9 Å². The van der Waals surface area contributed by atoms with Gasteiger partial charge in [-0.2, -0.15) is 0 Å². The van der Waals surface area contributed by atoms with Gasteiger partial charge < -0.3 is 36.3 Å². The summed E-state index contributed by atoms with van der Waals surface area (Å²) < 4.78 is 5.57. The number of nitrogens with two attached hydrogens (primary N) is 1. The molecule has 0 aromatic heterocycles. The van der Waals surface area contributed by atoms with Gasteiger partial charge in [-0.05, 0) is 56.4 Å². The quantitative estimate of drug-likeness (QED) is 0.271. The summed E-state index contributed by atoms with van der Waals surface area (Å²) in [4.78, 5) is 13.2. The molecule has 7 N–H and O–H groups in total. The van der Waals surface area contributed by atoms with E-state index in [1.165, 1.54) is 0 Å². The molecular formula is C21H32BN3O5. The van der Waals surface area contributed by atoms with E-state index in [1.54, 1.807) is 12.1 Å². The predicted octanol–water partition coefficient (Wildman–Crippen LogP) is -0.00350. The van der Waals surface area contributed by atoms with Crippen LogP contribution in [0.2, 0.25) is 0 Å². The van der Waals surface area contributed by atoms with Gasteiger partial charge >= 0.3 is 7.12 Å². The van der Waals surface area contributed by atoms with E-state index in [0.717, 1.165) is 50.6 Å². The first kappa shape index (κ1) is 21.6. The Labute approximate surface area is 177 Å². The molecule has 3 aliphatic rings. The molecule has 1 unspecified atom stereocenters. The molecule has 0 bridgehead atoms. The number of para-hydroxylation sites is 1. The summed E-state index contributed by atoms with van der Waals surface area (Å²) in [6.45, 7) is 1.47. The second-order valence-corrected chi connectivity index (χ2v) is 8.95. The lowest BCUT2D eigenvalue weighted by atomic mass is 9.71. The molecule has 1 aromatic carbocycles. The smallest absolute Gasteiger partial charge is 0.534 e. The van der Waals surface area contributed by atoms with E-state index >= 15 is 0 Å². The highest BCUT2D eigenvalue weighted by Gasteiger charge is 2.56. The van der Waals surface area contributed by atoms with Crippen LogP contribution in [-0.2, 0) is 11.2 Å². The Balaban J connectivity index is 1.38. The van der Waals surface area contributed by atoms with Crippen molar-refractivity contribution >= 4 is 13.0 Å². The number of nitrogens with one attached hydrogen (secondary N) is 2. The number of carbonyl (C=O) groups is 1. The Morgan fingerprint density at radius 2 is 2.00 bits per heavy atom. The Kier molecular flexibility index (Phi) is 6.36. The standard InChI is InChI=1S/C21H32BN3O5/c23-10-11-24-15-6-4-14(5-7-15)21(8-9-21)20(28)25-17-12-13-2-1-3-16(19(26)27)18(13)30-22(17)29/h1-3,14-15,17,19,24,26-27,29H,4-12,23H2,(H,25,28). The highest BCUT2D eigenvalue weighted by atomic mass is 16.5. The van der Waals surface area contributed by atoms with Gasteiger partial charge in [0.1, 0.15) is 5.75 Å². The SMILES string of the molecule is NCCNC1CCC(C2(C(=O)NC3Cc4cccc(C(O)O)c4OB3O)CC2)CC1. The summed E-state index contributed by atoms with van der Waals surface area (Å²) in [5.41, 5.74) is 6.22. The molecule has 1 aromatic rings. The molecule has 1 heterocycles. The predicted molar refractivity (Wildman–Crippen MR) is 112 cm³/mol. The number of benzene rings is 1. The molecule has 4 rings (SSSR count). The Bertz CT molecular complexity index is 765. The number of aliphatic hydroxyl groups is 2. The minimum absolute atomic E-state index is 0.00955. The number of carbonyl (C=O) groups excluding carboxylic acids is 1. The molecule has 0 saturated heterocycles. The van der Waals surface area contributed by atoms with Crippen LogP contribution >= 0.6 is 0 Å². The highest BCUT2D eigenvalue weighted by molar-refractivity contribution is 6.46. The van der Waals surface area contributed by atoms with Crippen LogP contribution in [0.5, 0.6) is 5.75 Å². The van der Waals surface area contributed by atoms with Gasteiger partial charge in [-0.25, -0.2) is 0 Å². The second kappa shape index (κ2) is 8.84. The number of hydrogen-bond donors (Lipinski definition) is 6. The van der Waals surface area contributed by atoms with Gasteiger partial charge in [0.25, 0.3) is 0 Å². The highest BCUT2D eigenvalue weighted by Crippen LogP contribution is 2.56. The molecule has 0 spiro atoms. The topological polar surface area (TPSA) is 137 Å². The fourth-order valence-corrected chi connectivity index (χ4v) is 5.18. The van der Waals surface area contributed by atoms with Crippen LogP contribution in [0.25, 0.3) is 0 Å². The number of hydrogen-bond acceptors (Lipinski definition) is 7.